The van der Waals surface area contributed by atoms with Crippen molar-refractivity contribution in [2.75, 3.05) is 50.7 Å². The van der Waals surface area contributed by atoms with Gasteiger partial charge in [-0.3, -0.25) is 9.69 Å². The summed E-state index contributed by atoms with van der Waals surface area (Å²) >= 11 is 0. The molecule has 3 N–H and O–H groups in total. The van der Waals surface area contributed by atoms with Gasteiger partial charge in [0, 0.05) is 58.4 Å². The Hall–Kier alpha value is -1.66. The minimum Gasteiger partial charge on any atom is -0.355 e. The minimum atomic E-state index is 0.0857. The second-order valence-corrected chi connectivity index (χ2v) is 4.91. The molecule has 0 bridgehead atoms. The first kappa shape index (κ1) is 14.7. The molecule has 2 rings (SSSR count). The van der Waals surface area contributed by atoms with E-state index in [1.807, 2.05) is 24.4 Å². The maximum Gasteiger partial charge on any atom is 0.221 e. The molecular formula is C14H23N5O. The highest BCUT2D eigenvalue weighted by Gasteiger charge is 2.18. The lowest BCUT2D eigenvalue weighted by Gasteiger charge is -2.35. The molecule has 2 heterocycles. The van der Waals surface area contributed by atoms with Gasteiger partial charge in [-0.15, -0.1) is 0 Å². The van der Waals surface area contributed by atoms with Gasteiger partial charge in [-0.05, 0) is 12.1 Å². The van der Waals surface area contributed by atoms with Crippen LogP contribution >= 0.6 is 0 Å². The molecule has 1 saturated heterocycles. The van der Waals surface area contributed by atoms with Crippen molar-refractivity contribution in [1.82, 2.24) is 15.2 Å². The summed E-state index contributed by atoms with van der Waals surface area (Å²) in [4.78, 5) is 20.5. The maximum atomic E-state index is 11.5. The standard InChI is InChI=1S/C14H23N5O/c15-5-7-17-14(20)4-8-18-9-11-19(12-10-18)13-3-1-2-6-16-13/h1-3,6H,4-5,7-12,15H2,(H,17,20). The fourth-order valence-electron chi connectivity index (χ4n) is 2.30. The molecule has 0 atom stereocenters. The number of anilines is 1. The highest BCUT2D eigenvalue weighted by Crippen LogP contribution is 2.12. The minimum absolute atomic E-state index is 0.0857. The number of pyridine rings is 1. The number of carbonyl (C=O) groups is 1. The maximum absolute atomic E-state index is 11.5. The highest BCUT2D eigenvalue weighted by molar-refractivity contribution is 5.76. The predicted octanol–water partition coefficient (Wildman–Crippen LogP) is -0.331. The lowest BCUT2D eigenvalue weighted by molar-refractivity contribution is -0.121. The van der Waals surface area contributed by atoms with Gasteiger partial charge in [-0.1, -0.05) is 6.07 Å². The smallest absolute Gasteiger partial charge is 0.221 e. The normalized spacial score (nSPS) is 16.1. The van der Waals surface area contributed by atoms with Gasteiger partial charge in [-0.2, -0.15) is 0 Å². The lowest BCUT2D eigenvalue weighted by Crippen LogP contribution is -2.47. The summed E-state index contributed by atoms with van der Waals surface area (Å²) in [6.45, 7) is 5.73. The summed E-state index contributed by atoms with van der Waals surface area (Å²) in [6, 6.07) is 5.98. The third-order valence-electron chi connectivity index (χ3n) is 3.47. The van der Waals surface area contributed by atoms with Crippen LogP contribution in [-0.2, 0) is 4.79 Å². The highest BCUT2D eigenvalue weighted by atomic mass is 16.1. The monoisotopic (exact) mass is 277 g/mol. The van der Waals surface area contributed by atoms with Crippen molar-refractivity contribution in [3.63, 3.8) is 0 Å². The van der Waals surface area contributed by atoms with E-state index in [4.69, 9.17) is 5.73 Å². The molecular weight excluding hydrogens is 254 g/mol. The Balaban J connectivity index is 1.68. The number of aromatic nitrogens is 1. The summed E-state index contributed by atoms with van der Waals surface area (Å²) in [7, 11) is 0. The van der Waals surface area contributed by atoms with Crippen LogP contribution in [0.4, 0.5) is 5.82 Å². The van der Waals surface area contributed by atoms with Crippen LogP contribution < -0.4 is 16.0 Å². The second kappa shape index (κ2) is 7.81. The van der Waals surface area contributed by atoms with Crippen molar-refractivity contribution in [1.29, 1.82) is 0 Å². The SMILES string of the molecule is NCCNC(=O)CCN1CCN(c2ccccn2)CC1. The van der Waals surface area contributed by atoms with Crippen LogP contribution in [0.25, 0.3) is 0 Å². The topological polar surface area (TPSA) is 74.5 Å². The Morgan fingerprint density at radius 3 is 2.75 bits per heavy atom. The molecule has 6 nitrogen and oxygen atoms in total. The number of amides is 1. The van der Waals surface area contributed by atoms with Crippen LogP contribution in [0.15, 0.2) is 24.4 Å². The summed E-state index contributed by atoms with van der Waals surface area (Å²) in [5.74, 6) is 1.12. The van der Waals surface area contributed by atoms with Crippen LogP contribution in [0.2, 0.25) is 0 Å². The summed E-state index contributed by atoms with van der Waals surface area (Å²) in [5, 5.41) is 2.80. The number of rotatable bonds is 6. The van der Waals surface area contributed by atoms with Crippen molar-refractivity contribution in [2.45, 2.75) is 6.42 Å². The van der Waals surface area contributed by atoms with Gasteiger partial charge in [0.2, 0.25) is 5.91 Å². The van der Waals surface area contributed by atoms with Gasteiger partial charge in [-0.25, -0.2) is 4.98 Å². The number of nitrogens with zero attached hydrogens (tertiary/aromatic N) is 3. The molecule has 1 fully saturated rings. The molecule has 1 aromatic rings. The van der Waals surface area contributed by atoms with Crippen LogP contribution in [0.3, 0.4) is 0 Å². The first-order valence-corrected chi connectivity index (χ1v) is 7.14. The average molecular weight is 277 g/mol. The lowest BCUT2D eigenvalue weighted by atomic mass is 10.2. The van der Waals surface area contributed by atoms with E-state index in [1.54, 1.807) is 0 Å². The Labute approximate surface area is 120 Å². The van der Waals surface area contributed by atoms with Gasteiger partial charge in [0.1, 0.15) is 5.82 Å². The largest absolute Gasteiger partial charge is 0.355 e. The molecule has 6 heteroatoms. The fourth-order valence-corrected chi connectivity index (χ4v) is 2.30. The van der Waals surface area contributed by atoms with E-state index in [2.05, 4.69) is 20.1 Å². The van der Waals surface area contributed by atoms with Gasteiger partial charge in [0.25, 0.3) is 0 Å². The van der Waals surface area contributed by atoms with E-state index < -0.39 is 0 Å². The second-order valence-electron chi connectivity index (χ2n) is 4.91. The Morgan fingerprint density at radius 1 is 1.30 bits per heavy atom. The van der Waals surface area contributed by atoms with E-state index in [9.17, 15) is 4.79 Å². The number of nitrogens with two attached hydrogens (primary N) is 1. The number of hydrogen-bond donors (Lipinski definition) is 2. The third-order valence-corrected chi connectivity index (χ3v) is 3.47. The zero-order valence-corrected chi connectivity index (χ0v) is 11.8. The molecule has 110 valence electrons. The zero-order chi connectivity index (χ0) is 14.2. The van der Waals surface area contributed by atoms with Crippen molar-refractivity contribution >= 4 is 11.7 Å². The molecule has 1 aliphatic heterocycles. The summed E-state index contributed by atoms with van der Waals surface area (Å²) < 4.78 is 0. The summed E-state index contributed by atoms with van der Waals surface area (Å²) in [5.41, 5.74) is 5.35. The number of hydrogen-bond acceptors (Lipinski definition) is 5. The van der Waals surface area contributed by atoms with E-state index in [0.29, 0.717) is 19.5 Å². The average Bonchev–Trinajstić information content (AvgIpc) is 2.52. The number of piperazine rings is 1. The van der Waals surface area contributed by atoms with Gasteiger partial charge >= 0.3 is 0 Å². The first-order valence-electron chi connectivity index (χ1n) is 7.14. The van der Waals surface area contributed by atoms with Crippen LogP contribution in [-0.4, -0.2) is 61.6 Å². The Bertz CT molecular complexity index is 403. The van der Waals surface area contributed by atoms with Crippen molar-refractivity contribution in [2.24, 2.45) is 5.73 Å². The van der Waals surface area contributed by atoms with Crippen molar-refractivity contribution in [3.8, 4) is 0 Å². The van der Waals surface area contributed by atoms with E-state index in [0.717, 1.165) is 38.5 Å². The van der Waals surface area contributed by atoms with E-state index in [-0.39, 0.29) is 5.91 Å². The molecule has 0 aliphatic carbocycles. The van der Waals surface area contributed by atoms with Crippen LogP contribution in [0, 0.1) is 0 Å². The Kier molecular flexibility index (Phi) is 5.76. The Morgan fingerprint density at radius 2 is 2.10 bits per heavy atom. The van der Waals surface area contributed by atoms with E-state index >= 15 is 0 Å². The molecule has 0 saturated carbocycles. The van der Waals surface area contributed by atoms with Crippen LogP contribution in [0.1, 0.15) is 6.42 Å². The molecule has 0 radical (unpaired) electrons. The molecule has 0 unspecified atom stereocenters. The summed E-state index contributed by atoms with van der Waals surface area (Å²) in [6.07, 6.45) is 2.37. The molecule has 1 amide bonds. The van der Waals surface area contributed by atoms with Crippen molar-refractivity contribution in [3.05, 3.63) is 24.4 Å². The van der Waals surface area contributed by atoms with Gasteiger partial charge in [0.05, 0.1) is 0 Å². The van der Waals surface area contributed by atoms with Crippen molar-refractivity contribution < 1.29 is 4.79 Å². The molecule has 0 aromatic carbocycles. The molecule has 20 heavy (non-hydrogen) atoms. The van der Waals surface area contributed by atoms with Gasteiger partial charge < -0.3 is 16.0 Å². The first-order chi connectivity index (χ1) is 9.79. The van der Waals surface area contributed by atoms with Gasteiger partial charge in [0.15, 0.2) is 0 Å². The van der Waals surface area contributed by atoms with Crippen LogP contribution in [0.5, 0.6) is 0 Å². The number of nitrogens with one attached hydrogen (secondary N) is 1. The third kappa shape index (κ3) is 4.47. The molecule has 1 aromatic heterocycles. The number of carbonyl (C=O) groups excluding carboxylic acids is 1. The predicted molar refractivity (Wildman–Crippen MR) is 79.6 cm³/mol. The zero-order valence-electron chi connectivity index (χ0n) is 11.8. The van der Waals surface area contributed by atoms with E-state index in [1.165, 1.54) is 0 Å². The quantitative estimate of drug-likeness (QED) is 0.745. The molecule has 1 aliphatic rings. The molecule has 0 spiro atoms. The fraction of sp³-hybridized carbons (Fsp3) is 0.571.